The lowest BCUT2D eigenvalue weighted by atomic mass is 9.85. The predicted molar refractivity (Wildman–Crippen MR) is 56.2 cm³/mol. The van der Waals surface area contributed by atoms with Crippen LogP contribution in [0, 0.1) is 5.41 Å². The summed E-state index contributed by atoms with van der Waals surface area (Å²) in [6.45, 7) is 5.66. The van der Waals surface area contributed by atoms with Crippen molar-refractivity contribution in [2.75, 3.05) is 0 Å². The van der Waals surface area contributed by atoms with Crippen LogP contribution in [0.5, 0.6) is 0 Å². The van der Waals surface area contributed by atoms with Crippen LogP contribution >= 0.6 is 0 Å². The molecule has 15 heavy (non-hydrogen) atoms. The first kappa shape index (κ1) is 12.1. The average Bonchev–Trinajstić information content (AvgIpc) is 2.49. The maximum absolute atomic E-state index is 9.84. The minimum Gasteiger partial charge on any atom is -0.390 e. The van der Waals surface area contributed by atoms with E-state index in [9.17, 15) is 10.2 Å². The van der Waals surface area contributed by atoms with Crippen molar-refractivity contribution in [2.24, 2.45) is 12.5 Å². The van der Waals surface area contributed by atoms with Gasteiger partial charge in [-0.2, -0.15) is 5.10 Å². The summed E-state index contributed by atoms with van der Waals surface area (Å²) in [5.41, 5.74) is -0.335. The number of nitrogens with zero attached hydrogens (tertiary/aromatic N) is 3. The van der Waals surface area contributed by atoms with Gasteiger partial charge in [-0.1, -0.05) is 20.8 Å². The van der Waals surface area contributed by atoms with Gasteiger partial charge in [-0.3, -0.25) is 4.68 Å². The molecule has 0 saturated carbocycles. The topological polar surface area (TPSA) is 71.2 Å². The lowest BCUT2D eigenvalue weighted by molar-refractivity contribution is -0.0444. The Labute approximate surface area is 89.8 Å². The fraction of sp³-hybridized carbons (Fsp3) is 0.800. The lowest BCUT2D eigenvalue weighted by Gasteiger charge is -2.29. The van der Waals surface area contributed by atoms with Crippen LogP contribution in [0.3, 0.4) is 0 Å². The number of aromatic nitrogens is 3. The van der Waals surface area contributed by atoms with Gasteiger partial charge in [-0.25, -0.2) is 4.98 Å². The van der Waals surface area contributed by atoms with Crippen LogP contribution < -0.4 is 0 Å². The molecule has 0 saturated heterocycles. The summed E-state index contributed by atoms with van der Waals surface area (Å²) in [6, 6.07) is 0. The standard InChI is InChI=1S/C10H19N3O2/c1-10(2,3)9(15)7(14)5-8-11-6-12-13(8)4/h6-7,9,14-15H,5H2,1-4H3. The largest absolute Gasteiger partial charge is 0.390 e. The zero-order valence-electron chi connectivity index (χ0n) is 9.68. The molecule has 2 unspecified atom stereocenters. The highest BCUT2D eigenvalue weighted by molar-refractivity contribution is 4.91. The van der Waals surface area contributed by atoms with Gasteiger partial charge in [-0.05, 0) is 5.41 Å². The third-order valence-electron chi connectivity index (χ3n) is 2.45. The van der Waals surface area contributed by atoms with E-state index in [0.29, 0.717) is 12.2 Å². The van der Waals surface area contributed by atoms with Crippen molar-refractivity contribution in [3.05, 3.63) is 12.2 Å². The molecule has 1 aromatic rings. The maximum atomic E-state index is 9.84. The van der Waals surface area contributed by atoms with Gasteiger partial charge < -0.3 is 10.2 Å². The first-order valence-corrected chi connectivity index (χ1v) is 5.01. The molecular formula is C10H19N3O2. The van der Waals surface area contributed by atoms with Crippen molar-refractivity contribution in [1.82, 2.24) is 14.8 Å². The molecule has 2 atom stereocenters. The van der Waals surface area contributed by atoms with Crippen LogP contribution in [-0.4, -0.2) is 37.2 Å². The Bertz CT molecular complexity index is 317. The average molecular weight is 213 g/mol. The zero-order valence-corrected chi connectivity index (χ0v) is 9.68. The molecule has 2 N–H and O–H groups in total. The summed E-state index contributed by atoms with van der Waals surface area (Å²) in [5.74, 6) is 0.672. The normalized spacial score (nSPS) is 16.4. The maximum Gasteiger partial charge on any atom is 0.138 e. The SMILES string of the molecule is Cn1ncnc1CC(O)C(O)C(C)(C)C. The Morgan fingerprint density at radius 2 is 2.00 bits per heavy atom. The molecule has 86 valence electrons. The molecule has 0 aliphatic carbocycles. The molecule has 0 amide bonds. The number of aliphatic hydroxyl groups excluding tert-OH is 2. The van der Waals surface area contributed by atoms with Gasteiger partial charge in [0, 0.05) is 13.5 Å². The quantitative estimate of drug-likeness (QED) is 0.748. The van der Waals surface area contributed by atoms with E-state index in [-0.39, 0.29) is 5.41 Å². The van der Waals surface area contributed by atoms with Crippen LogP contribution in [0.25, 0.3) is 0 Å². The van der Waals surface area contributed by atoms with Crippen molar-refractivity contribution in [3.8, 4) is 0 Å². The minimum atomic E-state index is -0.812. The fourth-order valence-electron chi connectivity index (χ4n) is 1.38. The molecule has 0 aliphatic rings. The van der Waals surface area contributed by atoms with Gasteiger partial charge >= 0.3 is 0 Å². The van der Waals surface area contributed by atoms with Crippen LogP contribution in [0.1, 0.15) is 26.6 Å². The van der Waals surface area contributed by atoms with Gasteiger partial charge in [-0.15, -0.1) is 0 Å². The number of aryl methyl sites for hydroxylation is 1. The second-order valence-electron chi connectivity index (χ2n) is 4.88. The van der Waals surface area contributed by atoms with Gasteiger partial charge in [0.2, 0.25) is 0 Å². The second kappa shape index (κ2) is 4.28. The van der Waals surface area contributed by atoms with E-state index in [2.05, 4.69) is 10.1 Å². The van der Waals surface area contributed by atoms with E-state index >= 15 is 0 Å². The molecule has 0 aromatic carbocycles. The Hall–Kier alpha value is -0.940. The van der Waals surface area contributed by atoms with Crippen molar-refractivity contribution in [1.29, 1.82) is 0 Å². The third kappa shape index (κ3) is 3.00. The monoisotopic (exact) mass is 213 g/mol. The molecule has 1 heterocycles. The van der Waals surface area contributed by atoms with Crippen molar-refractivity contribution in [2.45, 2.75) is 39.4 Å². The van der Waals surface area contributed by atoms with Crippen molar-refractivity contribution < 1.29 is 10.2 Å². The van der Waals surface area contributed by atoms with Crippen molar-refractivity contribution in [3.63, 3.8) is 0 Å². The number of rotatable bonds is 3. The lowest BCUT2D eigenvalue weighted by Crippen LogP contribution is -2.39. The first-order chi connectivity index (χ1) is 6.82. The van der Waals surface area contributed by atoms with E-state index in [1.54, 1.807) is 11.7 Å². The molecular weight excluding hydrogens is 194 g/mol. The van der Waals surface area contributed by atoms with E-state index in [1.807, 2.05) is 20.8 Å². The number of hydrogen-bond donors (Lipinski definition) is 2. The molecule has 1 rings (SSSR count). The highest BCUT2D eigenvalue weighted by atomic mass is 16.3. The third-order valence-corrected chi connectivity index (χ3v) is 2.45. The molecule has 0 spiro atoms. The van der Waals surface area contributed by atoms with Crippen molar-refractivity contribution >= 4 is 0 Å². The molecule has 1 aromatic heterocycles. The molecule has 0 fully saturated rings. The zero-order chi connectivity index (χ0) is 11.6. The van der Waals surface area contributed by atoms with E-state index in [0.717, 1.165) is 0 Å². The Morgan fingerprint density at radius 1 is 1.40 bits per heavy atom. The first-order valence-electron chi connectivity index (χ1n) is 5.01. The summed E-state index contributed by atoms with van der Waals surface area (Å²) in [5, 5.41) is 23.6. The minimum absolute atomic E-state index is 0.314. The molecule has 0 aliphatic heterocycles. The Morgan fingerprint density at radius 3 is 2.40 bits per heavy atom. The smallest absolute Gasteiger partial charge is 0.138 e. The van der Waals surface area contributed by atoms with Gasteiger partial charge in [0.15, 0.2) is 0 Å². The highest BCUT2D eigenvalue weighted by Crippen LogP contribution is 2.22. The van der Waals surface area contributed by atoms with E-state index < -0.39 is 12.2 Å². The second-order valence-corrected chi connectivity index (χ2v) is 4.88. The number of hydrogen-bond acceptors (Lipinski definition) is 4. The Balaban J connectivity index is 2.64. The van der Waals surface area contributed by atoms with E-state index in [1.165, 1.54) is 6.33 Å². The van der Waals surface area contributed by atoms with Crippen LogP contribution in [0.15, 0.2) is 6.33 Å². The fourth-order valence-corrected chi connectivity index (χ4v) is 1.38. The summed E-state index contributed by atoms with van der Waals surface area (Å²) in [4.78, 5) is 4.00. The van der Waals surface area contributed by atoms with Gasteiger partial charge in [0.05, 0.1) is 12.2 Å². The highest BCUT2D eigenvalue weighted by Gasteiger charge is 2.29. The predicted octanol–water partition coefficient (Wildman–Crippen LogP) is 0.125. The van der Waals surface area contributed by atoms with Gasteiger partial charge in [0.25, 0.3) is 0 Å². The molecule has 5 nitrogen and oxygen atoms in total. The van der Waals surface area contributed by atoms with Crippen LogP contribution in [0.4, 0.5) is 0 Å². The molecule has 0 bridgehead atoms. The van der Waals surface area contributed by atoms with Gasteiger partial charge in [0.1, 0.15) is 12.2 Å². The summed E-state index contributed by atoms with van der Waals surface area (Å²) < 4.78 is 1.60. The number of aliphatic hydroxyl groups is 2. The van der Waals surface area contributed by atoms with Crippen LogP contribution in [-0.2, 0) is 13.5 Å². The molecule has 5 heteroatoms. The van der Waals surface area contributed by atoms with Crippen LogP contribution in [0.2, 0.25) is 0 Å². The Kier molecular flexibility index (Phi) is 3.46. The summed E-state index contributed by atoms with van der Waals surface area (Å²) in [6.07, 6.45) is 0.169. The molecule has 0 radical (unpaired) electrons. The summed E-state index contributed by atoms with van der Waals surface area (Å²) >= 11 is 0. The van der Waals surface area contributed by atoms with E-state index in [4.69, 9.17) is 0 Å². The summed E-state index contributed by atoms with van der Waals surface area (Å²) in [7, 11) is 1.76.